The molecule has 4 nitrogen and oxygen atoms in total. The molecule has 1 amide bonds. The molecule has 0 aliphatic heterocycles. The van der Waals surface area contributed by atoms with Crippen molar-refractivity contribution in [1.82, 2.24) is 9.97 Å². The number of nitrogens with two attached hydrogens (primary N) is 1. The fraction of sp³-hybridized carbons (Fsp3) is 0.250. The maximum absolute atomic E-state index is 14.0. The Kier molecular flexibility index (Phi) is 2.29. The molecule has 1 aromatic heterocycles. The van der Waals surface area contributed by atoms with Crippen molar-refractivity contribution < 1.29 is 9.18 Å². The zero-order chi connectivity index (χ0) is 14.7. The first kappa shape index (κ1) is 12.2. The Morgan fingerprint density at radius 2 is 2.19 bits per heavy atom. The lowest BCUT2D eigenvalue weighted by Crippen LogP contribution is -2.19. The first-order chi connectivity index (χ1) is 10.1. The van der Waals surface area contributed by atoms with Gasteiger partial charge in [-0.3, -0.25) is 4.79 Å². The predicted octanol–water partition coefficient (Wildman–Crippen LogP) is 2.27. The number of rotatable bonds is 1. The molecule has 2 bridgehead atoms. The summed E-state index contributed by atoms with van der Waals surface area (Å²) in [5, 5.41) is 0. The van der Waals surface area contributed by atoms with Crippen LogP contribution in [-0.2, 0) is 0 Å². The monoisotopic (exact) mass is 281 g/mol. The predicted molar refractivity (Wildman–Crippen MR) is 75.2 cm³/mol. The van der Waals surface area contributed by atoms with Crippen LogP contribution in [0.1, 0.15) is 52.1 Å². The van der Waals surface area contributed by atoms with Crippen molar-refractivity contribution in [2.45, 2.75) is 24.7 Å². The van der Waals surface area contributed by atoms with Crippen molar-refractivity contribution >= 4 is 5.91 Å². The third-order valence-corrected chi connectivity index (χ3v) is 4.50. The highest BCUT2D eigenvalue weighted by Gasteiger charge is 2.40. The van der Waals surface area contributed by atoms with E-state index in [-0.39, 0.29) is 17.2 Å². The topological polar surface area (TPSA) is 71.8 Å². The molecule has 2 aromatic rings. The van der Waals surface area contributed by atoms with E-state index >= 15 is 0 Å². The van der Waals surface area contributed by atoms with Crippen LogP contribution in [-0.4, -0.2) is 15.9 Å². The molecule has 5 heteroatoms. The Balaban J connectivity index is 2.01. The molecule has 21 heavy (non-hydrogen) atoms. The van der Waals surface area contributed by atoms with Crippen molar-refractivity contribution in [3.05, 3.63) is 40.6 Å². The van der Waals surface area contributed by atoms with Crippen molar-refractivity contribution in [1.29, 1.82) is 0 Å². The summed E-state index contributed by atoms with van der Waals surface area (Å²) in [4.78, 5) is 18.7. The molecule has 0 saturated heterocycles. The fourth-order valence-corrected chi connectivity index (χ4v) is 3.35. The molecule has 104 valence electrons. The third-order valence-electron chi connectivity index (χ3n) is 4.50. The number of halogens is 1. The van der Waals surface area contributed by atoms with E-state index in [0.717, 1.165) is 29.7 Å². The summed E-state index contributed by atoms with van der Waals surface area (Å²) in [5.74, 6) is 2.15. The van der Waals surface area contributed by atoms with Crippen LogP contribution in [0.2, 0.25) is 0 Å². The summed E-state index contributed by atoms with van der Waals surface area (Å²) in [5.41, 5.74) is 8.83. The van der Waals surface area contributed by atoms with Gasteiger partial charge in [0.2, 0.25) is 0 Å². The number of nitrogens with one attached hydrogen (secondary N) is 1. The summed E-state index contributed by atoms with van der Waals surface area (Å²) >= 11 is 0. The number of hydrogen-bond acceptors (Lipinski definition) is 2. The average Bonchev–Trinajstić information content (AvgIpc) is 2.74. The van der Waals surface area contributed by atoms with Crippen LogP contribution in [0.4, 0.5) is 4.39 Å². The lowest BCUT2D eigenvalue weighted by Gasteiger charge is -2.33. The highest BCUT2D eigenvalue weighted by atomic mass is 19.1. The van der Waals surface area contributed by atoms with Gasteiger partial charge in [-0.1, -0.05) is 5.92 Å². The van der Waals surface area contributed by atoms with Crippen LogP contribution >= 0.6 is 0 Å². The van der Waals surface area contributed by atoms with E-state index in [1.165, 1.54) is 6.07 Å². The first-order valence-corrected chi connectivity index (χ1v) is 6.78. The third kappa shape index (κ3) is 1.56. The van der Waals surface area contributed by atoms with Gasteiger partial charge < -0.3 is 10.7 Å². The zero-order valence-corrected chi connectivity index (χ0v) is 11.1. The summed E-state index contributed by atoms with van der Waals surface area (Å²) < 4.78 is 14.0. The van der Waals surface area contributed by atoms with Crippen molar-refractivity contribution in [2.75, 3.05) is 0 Å². The van der Waals surface area contributed by atoms with Gasteiger partial charge in [0.25, 0.3) is 5.91 Å². The number of hydrogen-bond donors (Lipinski definition) is 2. The minimum absolute atomic E-state index is 0.142. The molecule has 1 aromatic carbocycles. The molecule has 3 aliphatic carbocycles. The second-order valence-electron chi connectivity index (χ2n) is 5.64. The first-order valence-electron chi connectivity index (χ1n) is 6.78. The van der Waals surface area contributed by atoms with E-state index in [2.05, 4.69) is 15.9 Å². The number of imidazole rings is 1. The molecular formula is C16H12FN3O. The van der Waals surface area contributed by atoms with E-state index in [4.69, 9.17) is 12.2 Å². The minimum Gasteiger partial charge on any atom is -0.363 e. The summed E-state index contributed by atoms with van der Waals surface area (Å²) in [6, 6.07) is 3.16. The van der Waals surface area contributed by atoms with E-state index in [1.807, 2.05) is 0 Å². The molecule has 0 atom stereocenters. The number of terminal acetylenes is 1. The van der Waals surface area contributed by atoms with Gasteiger partial charge in [0, 0.05) is 17.2 Å². The molecule has 0 spiro atoms. The maximum atomic E-state index is 14.0. The van der Waals surface area contributed by atoms with Crippen LogP contribution in [0.3, 0.4) is 0 Å². The van der Waals surface area contributed by atoms with Gasteiger partial charge in [-0.25, -0.2) is 9.37 Å². The molecule has 1 heterocycles. The molecule has 1 saturated carbocycles. The van der Waals surface area contributed by atoms with Crippen LogP contribution in [0.15, 0.2) is 12.1 Å². The number of primary amides is 1. The van der Waals surface area contributed by atoms with Crippen LogP contribution < -0.4 is 5.73 Å². The van der Waals surface area contributed by atoms with E-state index in [9.17, 15) is 9.18 Å². The Labute approximate surface area is 120 Å². The van der Waals surface area contributed by atoms with E-state index in [1.54, 1.807) is 6.07 Å². The molecule has 0 unspecified atom stereocenters. The van der Waals surface area contributed by atoms with Gasteiger partial charge in [0.05, 0.1) is 11.3 Å². The maximum Gasteiger partial charge on any atom is 0.284 e. The van der Waals surface area contributed by atoms with Gasteiger partial charge in [-0.2, -0.15) is 0 Å². The largest absolute Gasteiger partial charge is 0.363 e. The number of benzene rings is 1. The van der Waals surface area contributed by atoms with Gasteiger partial charge in [-0.05, 0) is 36.5 Å². The summed E-state index contributed by atoms with van der Waals surface area (Å²) in [7, 11) is 0. The molecular weight excluding hydrogens is 269 g/mol. The molecule has 5 rings (SSSR count). The van der Waals surface area contributed by atoms with Crippen molar-refractivity contribution in [3.63, 3.8) is 0 Å². The number of aromatic nitrogens is 2. The Morgan fingerprint density at radius 3 is 2.86 bits per heavy atom. The van der Waals surface area contributed by atoms with Gasteiger partial charge in [0.1, 0.15) is 5.82 Å². The molecule has 3 aliphatic rings. The summed E-state index contributed by atoms with van der Waals surface area (Å²) in [6.07, 6.45) is 7.20. The lowest BCUT2D eigenvalue weighted by molar-refractivity contribution is 0.0991. The van der Waals surface area contributed by atoms with Crippen LogP contribution in [0, 0.1) is 18.2 Å². The second-order valence-corrected chi connectivity index (χ2v) is 5.64. The number of H-pyrrole nitrogens is 1. The van der Waals surface area contributed by atoms with Crippen molar-refractivity contribution in [2.24, 2.45) is 5.73 Å². The van der Waals surface area contributed by atoms with Gasteiger partial charge >= 0.3 is 0 Å². The number of carbonyl (C=O) groups excluding carboxylic acids is 1. The SMILES string of the molecule is C#Cc1cc2c(cc1F)C1CC(C1)c1[nH]c(C(N)=O)nc1-2. The van der Waals surface area contributed by atoms with E-state index in [0.29, 0.717) is 17.5 Å². The number of amides is 1. The standard InChI is InChI=1S/C16H12FN3O/c1-2-7-5-11-10(6-12(7)17)8-3-9(4-8)13-14(11)20-16(19-13)15(18)21/h1,5-6,8-9H,3-4H2,(H2,18,21)(H,19,20). The van der Waals surface area contributed by atoms with Gasteiger partial charge in [0.15, 0.2) is 5.82 Å². The Bertz CT molecular complexity index is 825. The number of aromatic amines is 1. The highest BCUT2D eigenvalue weighted by Crippen LogP contribution is 2.54. The lowest BCUT2D eigenvalue weighted by atomic mass is 9.71. The quantitative estimate of drug-likeness (QED) is 0.787. The van der Waals surface area contributed by atoms with Crippen LogP contribution in [0.25, 0.3) is 11.3 Å². The highest BCUT2D eigenvalue weighted by molar-refractivity contribution is 5.90. The second kappa shape index (κ2) is 3.95. The fourth-order valence-electron chi connectivity index (χ4n) is 3.35. The minimum atomic E-state index is -0.597. The normalized spacial score (nSPS) is 21.5. The summed E-state index contributed by atoms with van der Waals surface area (Å²) in [6.45, 7) is 0. The number of carbonyl (C=O) groups is 1. The smallest absolute Gasteiger partial charge is 0.284 e. The van der Waals surface area contributed by atoms with Gasteiger partial charge in [-0.15, -0.1) is 6.42 Å². The van der Waals surface area contributed by atoms with E-state index < -0.39 is 5.91 Å². The van der Waals surface area contributed by atoms with Crippen LogP contribution in [0.5, 0.6) is 0 Å². The Hall–Kier alpha value is -2.61. The Morgan fingerprint density at radius 1 is 1.43 bits per heavy atom. The molecule has 3 N–H and O–H groups in total. The number of nitrogens with zero attached hydrogens (tertiary/aromatic N) is 1. The molecule has 1 fully saturated rings. The van der Waals surface area contributed by atoms with Crippen molar-refractivity contribution in [3.8, 4) is 23.6 Å². The average molecular weight is 281 g/mol. The zero-order valence-electron chi connectivity index (χ0n) is 11.1. The molecule has 0 radical (unpaired) electrons.